The number of nitrogens with zero attached hydrogens (tertiary/aromatic N) is 2. The molecule has 76 valence electrons. The molecule has 1 N–H and O–H groups in total. The minimum atomic E-state index is -0.730. The monoisotopic (exact) mass is 212 g/mol. The summed E-state index contributed by atoms with van der Waals surface area (Å²) in [5.41, 5.74) is 1.39. The van der Waals surface area contributed by atoms with Crippen molar-refractivity contribution in [3.8, 4) is 0 Å². The molecule has 0 aliphatic carbocycles. The zero-order valence-corrected chi connectivity index (χ0v) is 8.75. The number of hydrogen-bond acceptors (Lipinski definition) is 4. The van der Waals surface area contributed by atoms with Crippen molar-refractivity contribution in [2.24, 2.45) is 0 Å². The smallest absolute Gasteiger partial charge is 0.273 e. The van der Waals surface area contributed by atoms with Crippen LogP contribution in [0.5, 0.6) is 0 Å². The Labute approximate surface area is 86.2 Å². The first-order valence-electron chi connectivity index (χ1n) is 4.48. The van der Waals surface area contributed by atoms with E-state index in [4.69, 9.17) is 0 Å². The molecule has 1 aliphatic heterocycles. The van der Waals surface area contributed by atoms with Gasteiger partial charge in [-0.15, -0.1) is 11.3 Å². The van der Waals surface area contributed by atoms with Crippen molar-refractivity contribution in [3.05, 3.63) is 16.6 Å². The molecule has 1 aromatic heterocycles. The van der Waals surface area contributed by atoms with Crippen molar-refractivity contribution in [2.75, 3.05) is 13.1 Å². The fourth-order valence-corrected chi connectivity index (χ4v) is 2.12. The van der Waals surface area contributed by atoms with Gasteiger partial charge in [-0.2, -0.15) is 0 Å². The van der Waals surface area contributed by atoms with Gasteiger partial charge in [-0.1, -0.05) is 0 Å². The standard InChI is InChI=1S/C9H12N2O2S/c1-9(13)2-3-11(5-9)8(12)7-4-14-6-10-7/h4,6,13H,2-3,5H2,1H3. The molecule has 0 saturated carbocycles. The van der Waals surface area contributed by atoms with Crippen molar-refractivity contribution in [1.82, 2.24) is 9.88 Å². The topological polar surface area (TPSA) is 53.4 Å². The number of carbonyl (C=O) groups excluding carboxylic acids is 1. The van der Waals surface area contributed by atoms with Gasteiger partial charge < -0.3 is 10.0 Å². The maximum atomic E-state index is 11.8. The molecule has 1 aliphatic rings. The first-order chi connectivity index (χ1) is 6.58. The van der Waals surface area contributed by atoms with Gasteiger partial charge in [-0.05, 0) is 13.3 Å². The molecule has 2 rings (SSSR count). The van der Waals surface area contributed by atoms with Crippen LogP contribution in [0.3, 0.4) is 0 Å². The maximum Gasteiger partial charge on any atom is 0.273 e. The number of likely N-dealkylation sites (tertiary alicyclic amines) is 1. The van der Waals surface area contributed by atoms with E-state index >= 15 is 0 Å². The van der Waals surface area contributed by atoms with E-state index in [2.05, 4.69) is 4.98 Å². The molecule has 0 bridgehead atoms. The largest absolute Gasteiger partial charge is 0.388 e. The highest BCUT2D eigenvalue weighted by Crippen LogP contribution is 2.21. The highest BCUT2D eigenvalue weighted by Gasteiger charge is 2.34. The Morgan fingerprint density at radius 2 is 2.57 bits per heavy atom. The zero-order chi connectivity index (χ0) is 10.2. The molecule has 2 heterocycles. The van der Waals surface area contributed by atoms with Crippen molar-refractivity contribution in [2.45, 2.75) is 18.9 Å². The first kappa shape index (κ1) is 9.61. The Morgan fingerprint density at radius 3 is 3.07 bits per heavy atom. The van der Waals surface area contributed by atoms with E-state index in [1.165, 1.54) is 11.3 Å². The fourth-order valence-electron chi connectivity index (χ4n) is 1.60. The molecule has 1 aromatic rings. The molecular weight excluding hydrogens is 200 g/mol. The van der Waals surface area contributed by atoms with Gasteiger partial charge >= 0.3 is 0 Å². The molecular formula is C9H12N2O2S. The second kappa shape index (κ2) is 3.33. The number of aliphatic hydroxyl groups is 1. The lowest BCUT2D eigenvalue weighted by Gasteiger charge is -2.17. The Bertz CT molecular complexity index is 335. The quantitative estimate of drug-likeness (QED) is 0.747. The third-order valence-corrected chi connectivity index (χ3v) is 2.98. The van der Waals surface area contributed by atoms with Gasteiger partial charge in [0.25, 0.3) is 5.91 Å². The fraction of sp³-hybridized carbons (Fsp3) is 0.556. The molecule has 14 heavy (non-hydrogen) atoms. The van der Waals surface area contributed by atoms with Crippen LogP contribution in [0.1, 0.15) is 23.8 Å². The van der Waals surface area contributed by atoms with Crippen molar-refractivity contribution in [3.63, 3.8) is 0 Å². The highest BCUT2D eigenvalue weighted by atomic mass is 32.1. The molecule has 1 amide bonds. The summed E-state index contributed by atoms with van der Waals surface area (Å²) >= 11 is 1.41. The Kier molecular flexibility index (Phi) is 2.28. The van der Waals surface area contributed by atoms with Crippen LogP contribution in [-0.4, -0.2) is 39.6 Å². The molecule has 4 nitrogen and oxygen atoms in total. The summed E-state index contributed by atoms with van der Waals surface area (Å²) in [7, 11) is 0. The average Bonchev–Trinajstić information content (AvgIpc) is 2.72. The van der Waals surface area contributed by atoms with Crippen molar-refractivity contribution >= 4 is 17.2 Å². The van der Waals surface area contributed by atoms with E-state index in [0.29, 0.717) is 25.2 Å². The van der Waals surface area contributed by atoms with Crippen LogP contribution in [0.4, 0.5) is 0 Å². The summed E-state index contributed by atoms with van der Waals surface area (Å²) in [4.78, 5) is 17.4. The van der Waals surface area contributed by atoms with Crippen LogP contribution in [-0.2, 0) is 0 Å². The van der Waals surface area contributed by atoms with E-state index in [1.54, 1.807) is 22.7 Å². The molecule has 5 heteroatoms. The predicted octanol–water partition coefficient (Wildman–Crippen LogP) is 0.740. The van der Waals surface area contributed by atoms with Gasteiger partial charge in [0.2, 0.25) is 0 Å². The third kappa shape index (κ3) is 1.78. The van der Waals surface area contributed by atoms with E-state index in [0.717, 1.165) is 0 Å². The van der Waals surface area contributed by atoms with Crippen molar-refractivity contribution in [1.29, 1.82) is 0 Å². The number of amides is 1. The van der Waals surface area contributed by atoms with E-state index in [9.17, 15) is 9.90 Å². The zero-order valence-electron chi connectivity index (χ0n) is 7.93. The number of hydrogen-bond donors (Lipinski definition) is 1. The van der Waals surface area contributed by atoms with Gasteiger partial charge in [-0.25, -0.2) is 4.98 Å². The van der Waals surface area contributed by atoms with Gasteiger partial charge in [0.1, 0.15) is 5.69 Å². The summed E-state index contributed by atoms with van der Waals surface area (Å²) in [5, 5.41) is 11.4. The minimum Gasteiger partial charge on any atom is -0.388 e. The van der Waals surface area contributed by atoms with Crippen LogP contribution >= 0.6 is 11.3 Å². The van der Waals surface area contributed by atoms with Crippen LogP contribution in [0.25, 0.3) is 0 Å². The maximum absolute atomic E-state index is 11.8. The summed E-state index contributed by atoms with van der Waals surface area (Å²) < 4.78 is 0. The van der Waals surface area contributed by atoms with Crippen LogP contribution < -0.4 is 0 Å². The van der Waals surface area contributed by atoms with Gasteiger partial charge in [0.05, 0.1) is 11.1 Å². The lowest BCUT2D eigenvalue weighted by Crippen LogP contribution is -2.34. The number of β-amino-alcohol motifs (C(OH)–C–C–N with tert-alkyl or cyclic N) is 1. The molecule has 0 radical (unpaired) electrons. The molecule has 1 atom stereocenters. The lowest BCUT2D eigenvalue weighted by molar-refractivity contribution is 0.0569. The summed E-state index contributed by atoms with van der Waals surface area (Å²) in [6.45, 7) is 2.77. The SMILES string of the molecule is CC1(O)CCN(C(=O)c2cscn2)C1. The Balaban J connectivity index is 2.08. The molecule has 1 saturated heterocycles. The highest BCUT2D eigenvalue weighted by molar-refractivity contribution is 7.07. The Hall–Kier alpha value is -0.940. The molecule has 0 aromatic carbocycles. The van der Waals surface area contributed by atoms with E-state index < -0.39 is 5.60 Å². The lowest BCUT2D eigenvalue weighted by atomic mass is 10.1. The molecule has 0 spiro atoms. The first-order valence-corrected chi connectivity index (χ1v) is 5.43. The van der Waals surface area contributed by atoms with Crippen LogP contribution in [0.2, 0.25) is 0 Å². The van der Waals surface area contributed by atoms with Gasteiger partial charge in [0, 0.05) is 18.5 Å². The molecule has 1 unspecified atom stereocenters. The minimum absolute atomic E-state index is 0.0796. The molecule has 1 fully saturated rings. The number of rotatable bonds is 1. The summed E-state index contributed by atoms with van der Waals surface area (Å²) in [5.74, 6) is -0.0796. The van der Waals surface area contributed by atoms with Gasteiger partial charge in [-0.3, -0.25) is 4.79 Å². The number of carbonyl (C=O) groups is 1. The van der Waals surface area contributed by atoms with E-state index in [-0.39, 0.29) is 5.91 Å². The number of thiazole rings is 1. The summed E-state index contributed by atoms with van der Waals surface area (Å²) in [6, 6.07) is 0. The predicted molar refractivity (Wildman–Crippen MR) is 53.3 cm³/mol. The second-order valence-corrected chi connectivity index (χ2v) is 4.57. The summed E-state index contributed by atoms with van der Waals surface area (Å²) in [6.07, 6.45) is 0.642. The van der Waals surface area contributed by atoms with E-state index in [1.807, 2.05) is 0 Å². The normalized spacial score (nSPS) is 26.9. The average molecular weight is 212 g/mol. The van der Waals surface area contributed by atoms with Gasteiger partial charge in [0.15, 0.2) is 0 Å². The Morgan fingerprint density at radius 1 is 1.79 bits per heavy atom. The third-order valence-electron chi connectivity index (χ3n) is 2.39. The number of aromatic nitrogens is 1. The van der Waals surface area contributed by atoms with Crippen LogP contribution in [0, 0.1) is 0 Å². The van der Waals surface area contributed by atoms with Crippen molar-refractivity contribution < 1.29 is 9.90 Å². The second-order valence-electron chi connectivity index (χ2n) is 3.85. The van der Waals surface area contributed by atoms with Crippen LogP contribution in [0.15, 0.2) is 10.9 Å².